The molecule has 1 aliphatic rings. The van der Waals surface area contributed by atoms with E-state index in [1.54, 1.807) is 11.5 Å². The Labute approximate surface area is 429 Å². The molecular formula is C54H63ClN4O14. The zero-order valence-electron chi connectivity index (χ0n) is 41.0. The van der Waals surface area contributed by atoms with Gasteiger partial charge >= 0.3 is 29.8 Å². The van der Waals surface area contributed by atoms with Crippen LogP contribution in [-0.4, -0.2) is 147 Å². The highest BCUT2D eigenvalue weighted by Gasteiger charge is 2.26. The fourth-order valence-corrected chi connectivity index (χ4v) is 6.73. The number of fused-ring (bicyclic) bond motifs is 1. The highest BCUT2D eigenvalue weighted by atomic mass is 35.5. The normalized spacial score (nSPS) is 12.6. The van der Waals surface area contributed by atoms with E-state index in [1.165, 1.54) is 17.2 Å². The Balaban J connectivity index is 0.000000354. The summed E-state index contributed by atoms with van der Waals surface area (Å²) < 4.78 is 17.1. The van der Waals surface area contributed by atoms with Crippen molar-refractivity contribution in [2.24, 2.45) is 0 Å². The summed E-state index contributed by atoms with van der Waals surface area (Å²) in [7, 11) is 0. The zero-order chi connectivity index (χ0) is 54.1. The molecule has 2 heterocycles. The van der Waals surface area contributed by atoms with Gasteiger partial charge < -0.3 is 39.7 Å². The van der Waals surface area contributed by atoms with Crippen molar-refractivity contribution in [1.82, 2.24) is 19.4 Å². The number of carbonyl (C=O) groups excluding carboxylic acids is 1. The Bertz CT molecular complexity index is 2600. The van der Waals surface area contributed by atoms with Crippen LogP contribution in [0.1, 0.15) is 35.5 Å². The Kier molecular flexibility index (Phi) is 29.2. The van der Waals surface area contributed by atoms with E-state index in [0.29, 0.717) is 67.5 Å². The molecule has 5 aromatic rings. The van der Waals surface area contributed by atoms with Crippen molar-refractivity contribution in [1.29, 1.82) is 0 Å². The Morgan fingerprint density at radius 2 is 1.21 bits per heavy atom. The largest absolute Gasteiger partial charge is 0.478 e. The Morgan fingerprint density at radius 1 is 0.699 bits per heavy atom. The number of rotatable bonds is 19. The molecule has 390 valence electrons. The molecule has 0 bridgehead atoms. The van der Waals surface area contributed by atoms with E-state index in [2.05, 4.69) is 75.1 Å². The number of aryl methyl sites for hydroxylation is 2. The number of halogens is 1. The van der Waals surface area contributed by atoms with Gasteiger partial charge in [0, 0.05) is 67.6 Å². The van der Waals surface area contributed by atoms with Gasteiger partial charge in [0.05, 0.1) is 55.7 Å². The maximum absolute atomic E-state index is 12.6. The third-order valence-corrected chi connectivity index (χ3v) is 10.2. The van der Waals surface area contributed by atoms with Crippen molar-refractivity contribution >= 4 is 52.4 Å². The van der Waals surface area contributed by atoms with E-state index >= 15 is 0 Å². The summed E-state index contributed by atoms with van der Waals surface area (Å²) in [6, 6.07) is 34.5. The van der Waals surface area contributed by atoms with Crippen LogP contribution in [0.2, 0.25) is 5.02 Å². The number of hydrogen-bond donors (Lipinski definition) is 5. The first-order chi connectivity index (χ1) is 34.9. The number of nitrogens with zero attached hydrogens (tertiary/aromatic N) is 4. The van der Waals surface area contributed by atoms with Gasteiger partial charge in [-0.15, -0.1) is 0 Å². The van der Waals surface area contributed by atoms with Gasteiger partial charge in [0.25, 0.3) is 5.56 Å². The number of para-hydroxylation sites is 2. The van der Waals surface area contributed by atoms with Gasteiger partial charge in [-0.25, -0.2) is 29.0 Å². The van der Waals surface area contributed by atoms with Crippen molar-refractivity contribution < 1.29 is 63.7 Å². The predicted octanol–water partition coefficient (Wildman–Crippen LogP) is 6.79. The topological polar surface area (TPSA) is 256 Å². The van der Waals surface area contributed by atoms with Gasteiger partial charge in [-0.2, -0.15) is 0 Å². The molecule has 1 unspecified atom stereocenters. The van der Waals surface area contributed by atoms with Crippen LogP contribution in [0.4, 0.5) is 0 Å². The van der Waals surface area contributed by atoms with E-state index < -0.39 is 23.9 Å². The first-order valence-electron chi connectivity index (χ1n) is 22.7. The lowest BCUT2D eigenvalue weighted by molar-refractivity contribution is -0.138. The van der Waals surface area contributed by atoms with Crippen LogP contribution in [0, 0.1) is 13.8 Å². The minimum atomic E-state index is -1.26. The molecule has 0 radical (unpaired) electrons. The molecule has 73 heavy (non-hydrogen) atoms. The fourth-order valence-electron chi connectivity index (χ4n) is 6.60. The second-order valence-electron chi connectivity index (χ2n) is 15.5. The maximum Gasteiger partial charge on any atom is 0.333 e. The lowest BCUT2D eigenvalue weighted by Crippen LogP contribution is -2.48. The Morgan fingerprint density at radius 3 is 1.73 bits per heavy atom. The van der Waals surface area contributed by atoms with Crippen molar-refractivity contribution in [2.45, 2.75) is 26.8 Å². The van der Waals surface area contributed by atoms with E-state index in [0.717, 1.165) is 54.5 Å². The van der Waals surface area contributed by atoms with Crippen LogP contribution in [0.15, 0.2) is 157 Å². The number of aliphatic carboxylic acids is 4. The number of carbonyl (C=O) groups is 5. The number of ether oxygens (including phenoxy) is 3. The second kappa shape index (κ2) is 34.7. The molecule has 0 saturated carbocycles. The number of carboxylic acids is 4. The van der Waals surface area contributed by atoms with E-state index in [1.807, 2.05) is 74.5 Å². The van der Waals surface area contributed by atoms with Gasteiger partial charge in [-0.1, -0.05) is 104 Å². The molecule has 1 aromatic heterocycles. The van der Waals surface area contributed by atoms with Gasteiger partial charge in [0.1, 0.15) is 12.4 Å². The zero-order valence-corrected chi connectivity index (χ0v) is 41.8. The smallest absolute Gasteiger partial charge is 0.333 e. The fraction of sp³-hybridized carbons (Fsp3) is 0.278. The van der Waals surface area contributed by atoms with Gasteiger partial charge in [0.15, 0.2) is 0 Å². The molecule has 18 nitrogen and oxygen atoms in total. The number of aromatic nitrogens is 2. The number of aliphatic hydroxyl groups is 1. The summed E-state index contributed by atoms with van der Waals surface area (Å²) in [6.07, 6.45) is 3.75. The summed E-state index contributed by atoms with van der Waals surface area (Å²) >= 11 is 6.11. The van der Waals surface area contributed by atoms with Crippen molar-refractivity contribution in [3.8, 4) is 5.69 Å². The summed E-state index contributed by atoms with van der Waals surface area (Å²) in [5.41, 5.74) is 5.69. The third-order valence-electron chi connectivity index (χ3n) is 9.95. The minimum Gasteiger partial charge on any atom is -0.478 e. The Hall–Kier alpha value is -7.58. The number of piperazine rings is 1. The highest BCUT2D eigenvalue weighted by molar-refractivity contribution is 6.30. The van der Waals surface area contributed by atoms with Crippen LogP contribution in [0.3, 0.4) is 0 Å². The molecule has 0 spiro atoms. The summed E-state index contributed by atoms with van der Waals surface area (Å²) in [4.78, 5) is 70.9. The maximum atomic E-state index is 12.6. The monoisotopic (exact) mass is 1030 g/mol. The number of benzene rings is 4. The first-order valence-corrected chi connectivity index (χ1v) is 23.1. The number of carboxylic acid groups (broad SMARTS) is 4. The lowest BCUT2D eigenvalue weighted by Gasteiger charge is -2.39. The average molecular weight is 1030 g/mol. The van der Waals surface area contributed by atoms with E-state index in [4.69, 9.17) is 46.6 Å². The quantitative estimate of drug-likeness (QED) is 0.0247. The molecule has 5 N–H and O–H groups in total. The summed E-state index contributed by atoms with van der Waals surface area (Å²) in [6.45, 7) is 19.8. The third kappa shape index (κ3) is 24.4. The number of aliphatic hydroxyl groups excluding tert-OH is 1. The first kappa shape index (κ1) is 61.5. The standard InChI is InChI=1S/C23H31ClN2O3.C16H14N2O.C7H10O2.2C4H4O4/c24-22-8-6-21(7-9-22)23(20-4-2-1-3-5-20)26-12-10-25(11-13-26)14-16-28-18-19-29-17-15-27;1-11-7-3-6-10-15(11)18-12(2)17-14-9-5-4-8-13(14)16(18)19;1-4-5-9-7(8)6(2)3;2*5-3(6)1-2-4(7)8/h1-9,23,27H,10-19H2;3-10H,1-2H3;4H,1-2,5H2,3H3;2*1-2H,(H,5,6)(H,7,8)/b;;;2*2-1-. The average Bonchev–Trinajstić information content (AvgIpc) is 3.37. The summed E-state index contributed by atoms with van der Waals surface area (Å²) in [5, 5.41) is 41.3. The lowest BCUT2D eigenvalue weighted by atomic mass is 9.96. The van der Waals surface area contributed by atoms with Gasteiger partial charge in [0.2, 0.25) is 0 Å². The van der Waals surface area contributed by atoms with Crippen LogP contribution in [0.25, 0.3) is 16.6 Å². The van der Waals surface area contributed by atoms with E-state index in [-0.39, 0.29) is 30.8 Å². The van der Waals surface area contributed by atoms with Crippen LogP contribution < -0.4 is 5.56 Å². The van der Waals surface area contributed by atoms with Gasteiger partial charge in [-0.05, 0) is 67.8 Å². The highest BCUT2D eigenvalue weighted by Crippen LogP contribution is 2.30. The van der Waals surface area contributed by atoms with Crippen molar-refractivity contribution in [3.05, 3.63) is 190 Å². The molecule has 1 fully saturated rings. The van der Waals surface area contributed by atoms with Crippen LogP contribution in [-0.2, 0) is 38.2 Å². The second-order valence-corrected chi connectivity index (χ2v) is 15.9. The molecule has 1 saturated heterocycles. The molecule has 19 heteroatoms. The molecule has 6 rings (SSSR count). The molecule has 0 aliphatic carbocycles. The number of esters is 1. The van der Waals surface area contributed by atoms with Crippen LogP contribution in [0.5, 0.6) is 0 Å². The molecule has 1 atom stereocenters. The number of hydrogen-bond acceptors (Lipinski definition) is 13. The molecule has 4 aromatic carbocycles. The van der Waals surface area contributed by atoms with E-state index in [9.17, 15) is 28.8 Å². The molecule has 0 amide bonds. The van der Waals surface area contributed by atoms with Crippen molar-refractivity contribution in [3.63, 3.8) is 0 Å². The predicted molar refractivity (Wildman–Crippen MR) is 278 cm³/mol. The molecule has 1 aliphatic heterocycles. The SMILES string of the molecule is C=CCOC(=O)C(=C)C.Cc1ccccc1-n1c(C)nc2ccccc2c1=O.O=C(O)/C=C\C(=O)O.O=C(O)/C=C\C(=O)O.OCCOCCOCCN1CCN(C(c2ccccc2)c2ccc(Cl)cc2)CC1. The van der Waals surface area contributed by atoms with Crippen LogP contribution >= 0.6 is 11.6 Å². The molecular weight excluding hydrogens is 964 g/mol. The van der Waals surface area contributed by atoms with Gasteiger partial charge in [-0.3, -0.25) is 19.2 Å². The minimum absolute atomic E-state index is 0.0163. The summed E-state index contributed by atoms with van der Waals surface area (Å²) in [5.74, 6) is -4.69. The van der Waals surface area contributed by atoms with Crippen molar-refractivity contribution in [2.75, 3.05) is 72.4 Å².